The maximum absolute atomic E-state index is 12.3. The number of nitrogens with zero attached hydrogens (tertiary/aromatic N) is 4. The van der Waals surface area contributed by atoms with Crippen molar-refractivity contribution in [3.8, 4) is 0 Å². The van der Waals surface area contributed by atoms with Crippen molar-refractivity contribution >= 4 is 6.03 Å². The van der Waals surface area contributed by atoms with Crippen LogP contribution >= 0.6 is 0 Å². The smallest absolute Gasteiger partial charge is 0.318 e. The lowest BCUT2D eigenvalue weighted by molar-refractivity contribution is 0.182. The number of likely N-dealkylation sites (tertiary alicyclic amines) is 1. The van der Waals surface area contributed by atoms with Gasteiger partial charge >= 0.3 is 6.03 Å². The maximum Gasteiger partial charge on any atom is 0.318 e. The average molecular weight is 303 g/mol. The Labute approximate surface area is 129 Å². The lowest BCUT2D eigenvalue weighted by Gasteiger charge is -2.23. The fourth-order valence-electron chi connectivity index (χ4n) is 2.82. The summed E-state index contributed by atoms with van der Waals surface area (Å²) in [6, 6.07) is 3.78. The van der Waals surface area contributed by atoms with Gasteiger partial charge in [0.2, 0.25) is 0 Å². The summed E-state index contributed by atoms with van der Waals surface area (Å²) in [5, 5.41) is 11.0. The van der Waals surface area contributed by atoms with Gasteiger partial charge < -0.3 is 14.7 Å². The van der Waals surface area contributed by atoms with Crippen LogP contribution in [-0.2, 0) is 6.54 Å². The first-order valence-electron chi connectivity index (χ1n) is 7.69. The van der Waals surface area contributed by atoms with Gasteiger partial charge in [0.05, 0.1) is 11.7 Å². The highest BCUT2D eigenvalue weighted by atomic mass is 16.5. The van der Waals surface area contributed by atoms with Crippen molar-refractivity contribution < 1.29 is 9.32 Å². The van der Waals surface area contributed by atoms with Gasteiger partial charge in [-0.05, 0) is 32.3 Å². The maximum atomic E-state index is 12.3. The highest BCUT2D eigenvalue weighted by Crippen LogP contribution is 2.32. The van der Waals surface area contributed by atoms with Crippen LogP contribution in [0, 0.1) is 6.92 Å². The summed E-state index contributed by atoms with van der Waals surface area (Å²) in [6.45, 7) is 4.09. The number of aromatic nitrogens is 3. The molecular formula is C15H21N5O2. The summed E-state index contributed by atoms with van der Waals surface area (Å²) < 4.78 is 7.18. The number of carbonyl (C=O) groups is 1. The van der Waals surface area contributed by atoms with E-state index in [1.165, 1.54) is 0 Å². The number of amides is 2. The van der Waals surface area contributed by atoms with E-state index in [1.807, 2.05) is 34.8 Å². The molecule has 2 aromatic heterocycles. The molecule has 1 aliphatic heterocycles. The molecule has 2 aromatic rings. The first-order chi connectivity index (χ1) is 10.7. The van der Waals surface area contributed by atoms with Gasteiger partial charge in [-0.25, -0.2) is 4.79 Å². The van der Waals surface area contributed by atoms with Crippen molar-refractivity contribution in [1.29, 1.82) is 0 Å². The zero-order chi connectivity index (χ0) is 15.4. The summed E-state index contributed by atoms with van der Waals surface area (Å²) in [5.74, 6) is 0.779. The first-order valence-corrected chi connectivity index (χ1v) is 7.69. The minimum atomic E-state index is -0.0305. The Bertz CT molecular complexity index is 607. The third kappa shape index (κ3) is 3.29. The molecule has 1 N–H and O–H groups in total. The average Bonchev–Trinajstić information content (AvgIpc) is 3.23. The molecule has 2 amide bonds. The van der Waals surface area contributed by atoms with Gasteiger partial charge in [-0.3, -0.25) is 4.68 Å². The Hall–Kier alpha value is -2.31. The zero-order valence-electron chi connectivity index (χ0n) is 12.7. The molecular weight excluding hydrogens is 282 g/mol. The summed E-state index contributed by atoms with van der Waals surface area (Å²) in [4.78, 5) is 14.2. The van der Waals surface area contributed by atoms with E-state index in [2.05, 4.69) is 15.6 Å². The van der Waals surface area contributed by atoms with Crippen molar-refractivity contribution in [2.24, 2.45) is 0 Å². The molecule has 0 bridgehead atoms. The van der Waals surface area contributed by atoms with Crippen molar-refractivity contribution in [2.75, 3.05) is 13.1 Å². The molecule has 3 heterocycles. The van der Waals surface area contributed by atoms with Crippen LogP contribution in [0.25, 0.3) is 0 Å². The van der Waals surface area contributed by atoms with Gasteiger partial charge in [-0.2, -0.15) is 5.10 Å². The van der Waals surface area contributed by atoms with Gasteiger partial charge in [0.15, 0.2) is 5.76 Å². The minimum Gasteiger partial charge on any atom is -0.359 e. The molecule has 0 unspecified atom stereocenters. The van der Waals surface area contributed by atoms with Crippen LogP contribution in [0.5, 0.6) is 0 Å². The van der Waals surface area contributed by atoms with E-state index in [9.17, 15) is 4.79 Å². The largest absolute Gasteiger partial charge is 0.359 e. The molecule has 0 radical (unpaired) electrons. The molecule has 3 rings (SSSR count). The molecule has 118 valence electrons. The molecule has 0 aromatic carbocycles. The van der Waals surface area contributed by atoms with Crippen LogP contribution in [0.1, 0.15) is 36.8 Å². The Kier molecular flexibility index (Phi) is 4.41. The molecule has 0 saturated carbocycles. The monoisotopic (exact) mass is 303 g/mol. The molecule has 1 aliphatic rings. The van der Waals surface area contributed by atoms with E-state index in [0.717, 1.165) is 43.8 Å². The van der Waals surface area contributed by atoms with Crippen molar-refractivity contribution in [2.45, 2.75) is 38.8 Å². The van der Waals surface area contributed by atoms with Crippen LogP contribution in [0.4, 0.5) is 4.79 Å². The van der Waals surface area contributed by atoms with E-state index in [1.54, 1.807) is 6.20 Å². The third-order valence-electron chi connectivity index (χ3n) is 3.89. The predicted molar refractivity (Wildman–Crippen MR) is 80.2 cm³/mol. The standard InChI is InChI=1S/C15H21N5O2/c1-12-11-14(22-18-12)13-5-2-10-20(13)15(21)16-6-3-8-19-9-4-7-17-19/h4,7,9,11,13H,2-3,5-6,8,10H2,1H3,(H,16,21)/t13-/m0/s1. The van der Waals surface area contributed by atoms with E-state index in [4.69, 9.17) is 4.52 Å². The van der Waals surface area contributed by atoms with E-state index in [0.29, 0.717) is 6.54 Å². The molecule has 1 fully saturated rings. The Balaban J connectivity index is 1.48. The number of rotatable bonds is 5. The van der Waals surface area contributed by atoms with Crippen LogP contribution < -0.4 is 5.32 Å². The van der Waals surface area contributed by atoms with E-state index < -0.39 is 0 Å². The summed E-state index contributed by atoms with van der Waals surface area (Å²) in [6.07, 6.45) is 6.45. The number of aryl methyl sites for hydroxylation is 2. The molecule has 1 saturated heterocycles. The number of hydrogen-bond acceptors (Lipinski definition) is 4. The van der Waals surface area contributed by atoms with E-state index >= 15 is 0 Å². The number of urea groups is 1. The van der Waals surface area contributed by atoms with E-state index in [-0.39, 0.29) is 12.1 Å². The highest BCUT2D eigenvalue weighted by molar-refractivity contribution is 5.74. The molecule has 7 heteroatoms. The van der Waals surface area contributed by atoms with Crippen molar-refractivity contribution in [3.63, 3.8) is 0 Å². The summed E-state index contributed by atoms with van der Waals surface area (Å²) in [7, 11) is 0. The van der Waals surface area contributed by atoms with Gasteiger partial charge in [-0.15, -0.1) is 0 Å². The molecule has 0 spiro atoms. The Morgan fingerprint density at radius 3 is 3.18 bits per heavy atom. The molecule has 0 aliphatic carbocycles. The van der Waals surface area contributed by atoms with Crippen LogP contribution in [0.15, 0.2) is 29.0 Å². The fourth-order valence-corrected chi connectivity index (χ4v) is 2.82. The topological polar surface area (TPSA) is 76.2 Å². The normalized spacial score (nSPS) is 17.9. The van der Waals surface area contributed by atoms with Gasteiger partial charge in [0.1, 0.15) is 0 Å². The van der Waals surface area contributed by atoms with Crippen LogP contribution in [0.3, 0.4) is 0 Å². The molecule has 1 atom stereocenters. The second kappa shape index (κ2) is 6.64. The second-order valence-corrected chi connectivity index (χ2v) is 5.58. The molecule has 7 nitrogen and oxygen atoms in total. The third-order valence-corrected chi connectivity index (χ3v) is 3.89. The number of hydrogen-bond donors (Lipinski definition) is 1. The van der Waals surface area contributed by atoms with Crippen molar-refractivity contribution in [1.82, 2.24) is 25.2 Å². The highest BCUT2D eigenvalue weighted by Gasteiger charge is 2.32. The Morgan fingerprint density at radius 1 is 1.55 bits per heavy atom. The lowest BCUT2D eigenvalue weighted by Crippen LogP contribution is -2.40. The Morgan fingerprint density at radius 2 is 2.45 bits per heavy atom. The van der Waals surface area contributed by atoms with Gasteiger partial charge in [0, 0.05) is 38.1 Å². The predicted octanol–water partition coefficient (Wildman–Crippen LogP) is 2.12. The SMILES string of the molecule is Cc1cc([C@@H]2CCCN2C(=O)NCCCn2cccn2)on1. The quantitative estimate of drug-likeness (QED) is 0.858. The number of nitrogens with one attached hydrogen (secondary N) is 1. The van der Waals surface area contributed by atoms with Crippen LogP contribution in [0.2, 0.25) is 0 Å². The summed E-state index contributed by atoms with van der Waals surface area (Å²) in [5.41, 5.74) is 0.849. The first kappa shape index (κ1) is 14.6. The lowest BCUT2D eigenvalue weighted by atomic mass is 10.1. The fraction of sp³-hybridized carbons (Fsp3) is 0.533. The van der Waals surface area contributed by atoms with Crippen LogP contribution in [-0.4, -0.2) is 39.0 Å². The number of carbonyl (C=O) groups excluding carboxylic acids is 1. The van der Waals surface area contributed by atoms with Gasteiger partial charge in [0.25, 0.3) is 0 Å². The van der Waals surface area contributed by atoms with Gasteiger partial charge in [-0.1, -0.05) is 5.16 Å². The minimum absolute atomic E-state index is 0.00677. The second-order valence-electron chi connectivity index (χ2n) is 5.58. The molecule has 22 heavy (non-hydrogen) atoms. The zero-order valence-corrected chi connectivity index (χ0v) is 12.7. The van der Waals surface area contributed by atoms with Crippen molar-refractivity contribution in [3.05, 3.63) is 36.0 Å². The summed E-state index contributed by atoms with van der Waals surface area (Å²) >= 11 is 0.